The molecular formula is C16H24N2O3S. The summed E-state index contributed by atoms with van der Waals surface area (Å²) in [5.41, 5.74) is 0. The lowest BCUT2D eigenvalue weighted by Crippen LogP contribution is -2.55. The van der Waals surface area contributed by atoms with Crippen molar-refractivity contribution >= 4 is 23.2 Å². The first-order valence-corrected chi connectivity index (χ1v) is 8.43. The summed E-state index contributed by atoms with van der Waals surface area (Å²) in [5, 5.41) is 0. The lowest BCUT2D eigenvalue weighted by molar-refractivity contribution is -0.149. The number of hydrogen-bond acceptors (Lipinski definition) is 5. The van der Waals surface area contributed by atoms with Crippen molar-refractivity contribution in [3.05, 3.63) is 21.9 Å². The zero-order valence-corrected chi connectivity index (χ0v) is 14.5. The highest BCUT2D eigenvalue weighted by Crippen LogP contribution is 2.20. The van der Waals surface area contributed by atoms with Gasteiger partial charge < -0.3 is 9.64 Å². The van der Waals surface area contributed by atoms with E-state index in [1.165, 1.54) is 18.4 Å². The van der Waals surface area contributed by atoms with Crippen LogP contribution in [0.1, 0.15) is 28.4 Å². The van der Waals surface area contributed by atoms with Crippen molar-refractivity contribution in [1.29, 1.82) is 0 Å². The minimum Gasteiger partial charge on any atom is -0.468 e. The van der Waals surface area contributed by atoms with Crippen LogP contribution in [0.25, 0.3) is 0 Å². The number of esters is 1. The fourth-order valence-electron chi connectivity index (χ4n) is 2.87. The van der Waals surface area contributed by atoms with Gasteiger partial charge in [-0.15, -0.1) is 11.3 Å². The van der Waals surface area contributed by atoms with Gasteiger partial charge in [-0.3, -0.25) is 14.5 Å². The maximum Gasteiger partial charge on any atom is 0.323 e. The standard InChI is InChI=1S/C16H24N2O3S/c1-11(2)14(16(20)21-4)17-7-9-18(10-8-17)15(19)13-6-5-12(3)22-13/h5-6,11,14H,7-10H2,1-4H3/t14-/m1/s1. The summed E-state index contributed by atoms with van der Waals surface area (Å²) >= 11 is 1.53. The third-order valence-electron chi connectivity index (χ3n) is 4.02. The fourth-order valence-corrected chi connectivity index (χ4v) is 3.71. The topological polar surface area (TPSA) is 49.9 Å². The van der Waals surface area contributed by atoms with Gasteiger partial charge in [0, 0.05) is 31.1 Å². The molecule has 0 aliphatic carbocycles. The van der Waals surface area contributed by atoms with Crippen molar-refractivity contribution in [3.63, 3.8) is 0 Å². The Bertz CT molecular complexity index is 533. The third kappa shape index (κ3) is 3.67. The lowest BCUT2D eigenvalue weighted by Gasteiger charge is -2.39. The lowest BCUT2D eigenvalue weighted by atomic mass is 10.0. The summed E-state index contributed by atoms with van der Waals surface area (Å²) in [5.74, 6) is 0.0928. The summed E-state index contributed by atoms with van der Waals surface area (Å²) in [7, 11) is 1.43. The number of carbonyl (C=O) groups is 2. The second kappa shape index (κ2) is 7.24. The van der Waals surface area contributed by atoms with E-state index in [0.29, 0.717) is 26.2 Å². The van der Waals surface area contributed by atoms with E-state index in [-0.39, 0.29) is 23.8 Å². The molecule has 0 radical (unpaired) electrons. The summed E-state index contributed by atoms with van der Waals surface area (Å²) in [6.45, 7) is 8.75. The highest BCUT2D eigenvalue weighted by molar-refractivity contribution is 7.13. The average molecular weight is 324 g/mol. The van der Waals surface area contributed by atoms with E-state index in [4.69, 9.17) is 4.74 Å². The maximum absolute atomic E-state index is 12.4. The largest absolute Gasteiger partial charge is 0.468 e. The van der Waals surface area contributed by atoms with Crippen molar-refractivity contribution < 1.29 is 14.3 Å². The monoisotopic (exact) mass is 324 g/mol. The Morgan fingerprint density at radius 1 is 1.18 bits per heavy atom. The van der Waals surface area contributed by atoms with Gasteiger partial charge in [-0.2, -0.15) is 0 Å². The van der Waals surface area contributed by atoms with E-state index < -0.39 is 0 Å². The van der Waals surface area contributed by atoms with Gasteiger partial charge in [-0.1, -0.05) is 13.8 Å². The van der Waals surface area contributed by atoms with Crippen molar-refractivity contribution in [2.45, 2.75) is 26.8 Å². The molecule has 6 heteroatoms. The predicted octanol–water partition coefficient (Wildman–Crippen LogP) is 2.01. The molecule has 1 fully saturated rings. The molecule has 1 amide bonds. The van der Waals surface area contributed by atoms with E-state index >= 15 is 0 Å². The smallest absolute Gasteiger partial charge is 0.323 e. The quantitative estimate of drug-likeness (QED) is 0.795. The van der Waals surface area contributed by atoms with E-state index in [0.717, 1.165) is 9.75 Å². The predicted molar refractivity (Wildman–Crippen MR) is 87.2 cm³/mol. The normalized spacial score (nSPS) is 17.6. The minimum atomic E-state index is -0.230. The molecule has 122 valence electrons. The van der Waals surface area contributed by atoms with Gasteiger partial charge in [0.25, 0.3) is 5.91 Å². The Hall–Kier alpha value is -1.40. The highest BCUT2D eigenvalue weighted by Gasteiger charge is 2.33. The Morgan fingerprint density at radius 3 is 2.27 bits per heavy atom. The van der Waals surface area contributed by atoms with Crippen LogP contribution in [-0.2, 0) is 9.53 Å². The SMILES string of the molecule is COC(=O)[C@@H](C(C)C)N1CCN(C(=O)c2ccc(C)s2)CC1. The molecule has 22 heavy (non-hydrogen) atoms. The number of carbonyl (C=O) groups excluding carboxylic acids is 2. The molecule has 0 saturated carbocycles. The fraction of sp³-hybridized carbons (Fsp3) is 0.625. The Labute approximate surface area is 135 Å². The number of methoxy groups -OCH3 is 1. The van der Waals surface area contributed by atoms with Gasteiger partial charge in [0.2, 0.25) is 0 Å². The molecule has 1 saturated heterocycles. The van der Waals surface area contributed by atoms with Crippen LogP contribution in [-0.4, -0.2) is 61.0 Å². The van der Waals surface area contributed by atoms with Crippen LogP contribution in [0.4, 0.5) is 0 Å². The van der Waals surface area contributed by atoms with E-state index in [1.807, 2.05) is 37.8 Å². The Balaban J connectivity index is 1.97. The molecule has 2 heterocycles. The van der Waals surface area contributed by atoms with Crippen LogP contribution in [0.15, 0.2) is 12.1 Å². The van der Waals surface area contributed by atoms with Crippen LogP contribution in [0, 0.1) is 12.8 Å². The first-order chi connectivity index (χ1) is 10.4. The van der Waals surface area contributed by atoms with Crippen molar-refractivity contribution in [2.75, 3.05) is 33.3 Å². The van der Waals surface area contributed by atoms with Gasteiger partial charge in [-0.05, 0) is 25.0 Å². The number of amides is 1. The van der Waals surface area contributed by atoms with Crippen molar-refractivity contribution in [1.82, 2.24) is 9.80 Å². The summed E-state index contributed by atoms with van der Waals surface area (Å²) in [4.78, 5) is 30.3. The van der Waals surface area contributed by atoms with E-state index in [1.54, 1.807) is 0 Å². The van der Waals surface area contributed by atoms with Crippen LogP contribution in [0.2, 0.25) is 0 Å². The number of nitrogens with zero attached hydrogens (tertiary/aromatic N) is 2. The van der Waals surface area contributed by atoms with Crippen LogP contribution >= 0.6 is 11.3 Å². The molecule has 1 aliphatic heterocycles. The van der Waals surface area contributed by atoms with E-state index in [9.17, 15) is 9.59 Å². The first-order valence-electron chi connectivity index (χ1n) is 7.61. The zero-order chi connectivity index (χ0) is 16.3. The second-order valence-corrected chi connectivity index (χ2v) is 7.24. The molecule has 0 bridgehead atoms. The van der Waals surface area contributed by atoms with Gasteiger partial charge in [0.15, 0.2) is 0 Å². The number of hydrogen-bond donors (Lipinski definition) is 0. The highest BCUT2D eigenvalue weighted by atomic mass is 32.1. The third-order valence-corrected chi connectivity index (χ3v) is 5.01. The first kappa shape index (κ1) is 17.0. The minimum absolute atomic E-state index is 0.0944. The molecule has 5 nitrogen and oxygen atoms in total. The summed E-state index contributed by atoms with van der Waals surface area (Å²) < 4.78 is 4.91. The molecule has 0 N–H and O–H groups in total. The Kier molecular flexibility index (Phi) is 5.58. The van der Waals surface area contributed by atoms with Crippen LogP contribution < -0.4 is 0 Å². The molecule has 1 aromatic heterocycles. The molecule has 1 atom stereocenters. The van der Waals surface area contributed by atoms with Gasteiger partial charge in [0.1, 0.15) is 6.04 Å². The van der Waals surface area contributed by atoms with Gasteiger partial charge in [-0.25, -0.2) is 0 Å². The molecule has 1 aliphatic rings. The second-order valence-electron chi connectivity index (χ2n) is 5.95. The molecule has 0 unspecified atom stereocenters. The summed E-state index contributed by atoms with van der Waals surface area (Å²) in [6.07, 6.45) is 0. The molecule has 2 rings (SSSR count). The molecule has 0 spiro atoms. The van der Waals surface area contributed by atoms with Crippen LogP contribution in [0.3, 0.4) is 0 Å². The molecule has 0 aromatic carbocycles. The van der Waals surface area contributed by atoms with Crippen molar-refractivity contribution in [2.24, 2.45) is 5.92 Å². The number of rotatable bonds is 4. The number of thiophene rings is 1. The molecule has 1 aromatic rings. The summed E-state index contributed by atoms with van der Waals surface area (Å²) in [6, 6.07) is 3.63. The van der Waals surface area contributed by atoms with Gasteiger partial charge >= 0.3 is 5.97 Å². The number of ether oxygens (including phenoxy) is 1. The molecular weight excluding hydrogens is 300 g/mol. The Morgan fingerprint density at radius 2 is 1.82 bits per heavy atom. The zero-order valence-electron chi connectivity index (χ0n) is 13.7. The number of piperazine rings is 1. The maximum atomic E-state index is 12.4. The average Bonchev–Trinajstić information content (AvgIpc) is 2.93. The van der Waals surface area contributed by atoms with Crippen LogP contribution in [0.5, 0.6) is 0 Å². The number of aryl methyl sites for hydroxylation is 1. The van der Waals surface area contributed by atoms with E-state index in [2.05, 4.69) is 4.90 Å². The van der Waals surface area contributed by atoms with Gasteiger partial charge in [0.05, 0.1) is 12.0 Å². The van der Waals surface area contributed by atoms with Crippen molar-refractivity contribution in [3.8, 4) is 0 Å².